The number of ether oxygens (including phenoxy) is 2. The molecule has 1 saturated carbocycles. The maximum atomic E-state index is 13.2. The summed E-state index contributed by atoms with van der Waals surface area (Å²) in [6, 6.07) is 3.12. The van der Waals surface area contributed by atoms with Crippen molar-refractivity contribution in [3.8, 4) is 5.75 Å². The molecule has 0 atom stereocenters. The van der Waals surface area contributed by atoms with E-state index in [0.717, 1.165) is 62.6 Å². The van der Waals surface area contributed by atoms with E-state index in [1.54, 1.807) is 7.05 Å². The van der Waals surface area contributed by atoms with Crippen LogP contribution in [0.25, 0.3) is 0 Å². The van der Waals surface area contributed by atoms with Crippen molar-refractivity contribution in [2.75, 3.05) is 19.0 Å². The molecule has 0 heterocycles. The first-order chi connectivity index (χ1) is 12.0. The zero-order valence-corrected chi connectivity index (χ0v) is 15.9. The van der Waals surface area contributed by atoms with Crippen molar-refractivity contribution >= 4 is 22.0 Å². The van der Waals surface area contributed by atoms with Crippen LogP contribution >= 0.6 is 15.9 Å². The number of halogens is 3. The first-order valence-corrected chi connectivity index (χ1v) is 9.70. The van der Waals surface area contributed by atoms with Crippen LogP contribution in [0.5, 0.6) is 5.75 Å². The number of rotatable bonds is 7. The number of hydrogen-bond donors (Lipinski definition) is 0. The van der Waals surface area contributed by atoms with Crippen LogP contribution in [0.3, 0.4) is 0 Å². The summed E-state index contributed by atoms with van der Waals surface area (Å²) in [6.45, 7) is 0.773. The Morgan fingerprint density at radius 3 is 2.56 bits per heavy atom. The Labute approximate surface area is 155 Å². The van der Waals surface area contributed by atoms with E-state index in [9.17, 15) is 13.6 Å². The number of amides is 1. The van der Waals surface area contributed by atoms with Crippen LogP contribution in [0.2, 0.25) is 0 Å². The van der Waals surface area contributed by atoms with Gasteiger partial charge in [0.1, 0.15) is 5.75 Å². The van der Waals surface area contributed by atoms with Crippen molar-refractivity contribution in [3.63, 3.8) is 0 Å². The molecule has 0 unspecified atom stereocenters. The topological polar surface area (TPSA) is 38.8 Å². The van der Waals surface area contributed by atoms with Gasteiger partial charge in [-0.2, -0.15) is 0 Å². The average Bonchev–Trinajstić information content (AvgIpc) is 2.62. The van der Waals surface area contributed by atoms with Gasteiger partial charge in [0.15, 0.2) is 11.6 Å². The van der Waals surface area contributed by atoms with Gasteiger partial charge in [-0.25, -0.2) is 13.6 Å². The zero-order chi connectivity index (χ0) is 18.2. The molecule has 4 nitrogen and oxygen atoms in total. The molecule has 140 valence electrons. The van der Waals surface area contributed by atoms with Gasteiger partial charge < -0.3 is 14.4 Å². The fourth-order valence-electron chi connectivity index (χ4n) is 2.91. The van der Waals surface area contributed by atoms with Crippen molar-refractivity contribution in [2.24, 2.45) is 0 Å². The minimum Gasteiger partial charge on any atom is -0.410 e. The van der Waals surface area contributed by atoms with Crippen LogP contribution in [0.15, 0.2) is 18.2 Å². The molecule has 7 heteroatoms. The molecule has 25 heavy (non-hydrogen) atoms. The number of carbonyl (C=O) groups is 1. The van der Waals surface area contributed by atoms with Crippen molar-refractivity contribution in [3.05, 3.63) is 29.8 Å². The SMILES string of the molecule is CN(C(=O)Oc1ccc(F)c(F)c1)[C@H]1CC[C@H](OCCCCBr)CC1. The lowest BCUT2D eigenvalue weighted by Crippen LogP contribution is -2.42. The van der Waals surface area contributed by atoms with E-state index in [4.69, 9.17) is 9.47 Å². The molecule has 0 aliphatic heterocycles. The summed E-state index contributed by atoms with van der Waals surface area (Å²) in [5.41, 5.74) is 0. The average molecular weight is 420 g/mol. The van der Waals surface area contributed by atoms with Gasteiger partial charge in [0, 0.05) is 31.1 Å². The van der Waals surface area contributed by atoms with Gasteiger partial charge in [0.25, 0.3) is 0 Å². The standard InChI is InChI=1S/C18H24BrF2NO3/c1-22(18(23)25-15-8-9-16(20)17(21)12-15)13-4-6-14(7-5-13)24-11-3-2-10-19/h8-9,12-14H,2-7,10-11H2,1H3/t13-,14-. The van der Waals surface area contributed by atoms with E-state index in [1.165, 1.54) is 11.0 Å². The van der Waals surface area contributed by atoms with Crippen molar-refractivity contribution in [2.45, 2.75) is 50.7 Å². The molecule has 2 rings (SSSR count). The molecule has 1 fully saturated rings. The lowest BCUT2D eigenvalue weighted by atomic mass is 9.92. The number of alkyl halides is 1. The monoisotopic (exact) mass is 419 g/mol. The minimum absolute atomic E-state index is 0.000407. The predicted octanol–water partition coefficient (Wildman–Crippen LogP) is 4.90. The molecule has 0 bridgehead atoms. The van der Waals surface area contributed by atoms with Crippen LogP contribution in [0.4, 0.5) is 13.6 Å². The fraction of sp³-hybridized carbons (Fsp3) is 0.611. The van der Waals surface area contributed by atoms with Crippen LogP contribution in [0, 0.1) is 11.6 Å². The van der Waals surface area contributed by atoms with E-state index in [0.29, 0.717) is 0 Å². The second kappa shape index (κ2) is 10.1. The van der Waals surface area contributed by atoms with Crippen molar-refractivity contribution in [1.82, 2.24) is 4.90 Å². The Morgan fingerprint density at radius 2 is 1.92 bits per heavy atom. The van der Waals surface area contributed by atoms with Crippen LogP contribution in [0.1, 0.15) is 38.5 Å². The lowest BCUT2D eigenvalue weighted by Gasteiger charge is -2.34. The van der Waals surface area contributed by atoms with E-state index in [-0.39, 0.29) is 17.9 Å². The molecule has 0 N–H and O–H groups in total. The summed E-state index contributed by atoms with van der Waals surface area (Å²) >= 11 is 3.40. The fourth-order valence-corrected chi connectivity index (χ4v) is 3.30. The summed E-state index contributed by atoms with van der Waals surface area (Å²) in [5.74, 6) is -2.01. The molecule has 0 saturated heterocycles. The minimum atomic E-state index is -1.04. The summed E-state index contributed by atoms with van der Waals surface area (Å²) in [6.07, 6.45) is 5.33. The molecular weight excluding hydrogens is 396 g/mol. The maximum absolute atomic E-state index is 13.2. The van der Waals surface area contributed by atoms with E-state index >= 15 is 0 Å². The van der Waals surface area contributed by atoms with Crippen LogP contribution < -0.4 is 4.74 Å². The number of benzene rings is 1. The summed E-state index contributed by atoms with van der Waals surface area (Å²) in [5, 5.41) is 0.994. The Balaban J connectivity index is 1.76. The molecular formula is C18H24BrF2NO3. The highest BCUT2D eigenvalue weighted by molar-refractivity contribution is 9.09. The molecule has 1 aromatic carbocycles. The summed E-state index contributed by atoms with van der Waals surface area (Å²) < 4.78 is 37.1. The second-order valence-corrected chi connectivity index (χ2v) is 7.05. The van der Waals surface area contributed by atoms with Crippen LogP contribution in [-0.4, -0.2) is 42.1 Å². The quantitative estimate of drug-likeness (QED) is 0.466. The third-order valence-electron chi connectivity index (χ3n) is 4.46. The third-order valence-corrected chi connectivity index (χ3v) is 5.02. The first kappa shape index (κ1) is 20.1. The molecule has 1 aliphatic rings. The molecule has 1 amide bonds. The Kier molecular flexibility index (Phi) is 8.09. The Hall–Kier alpha value is -1.21. The van der Waals surface area contributed by atoms with Gasteiger partial charge in [-0.1, -0.05) is 15.9 Å². The van der Waals surface area contributed by atoms with Gasteiger partial charge in [-0.15, -0.1) is 0 Å². The number of carbonyl (C=O) groups excluding carboxylic acids is 1. The highest BCUT2D eigenvalue weighted by Crippen LogP contribution is 2.25. The number of unbranched alkanes of at least 4 members (excludes halogenated alkanes) is 1. The smallest absolute Gasteiger partial charge is 0.410 e. The molecule has 0 aromatic heterocycles. The predicted molar refractivity (Wildman–Crippen MR) is 95.2 cm³/mol. The van der Waals surface area contributed by atoms with Gasteiger partial charge in [-0.3, -0.25) is 0 Å². The number of hydrogen-bond acceptors (Lipinski definition) is 3. The van der Waals surface area contributed by atoms with E-state index in [1.807, 2.05) is 0 Å². The Bertz CT molecular complexity index is 565. The highest BCUT2D eigenvalue weighted by atomic mass is 79.9. The second-order valence-electron chi connectivity index (χ2n) is 6.25. The zero-order valence-electron chi connectivity index (χ0n) is 14.3. The van der Waals surface area contributed by atoms with Gasteiger partial charge in [-0.05, 0) is 50.7 Å². The van der Waals surface area contributed by atoms with Crippen molar-refractivity contribution < 1.29 is 23.0 Å². The third kappa shape index (κ3) is 6.22. The number of nitrogens with zero attached hydrogens (tertiary/aromatic N) is 1. The van der Waals surface area contributed by atoms with Crippen LogP contribution in [-0.2, 0) is 4.74 Å². The maximum Gasteiger partial charge on any atom is 0.415 e. The molecule has 1 aliphatic carbocycles. The lowest BCUT2D eigenvalue weighted by molar-refractivity contribution is 0.0111. The normalized spacial score (nSPS) is 20.3. The van der Waals surface area contributed by atoms with E-state index in [2.05, 4.69) is 15.9 Å². The summed E-state index contributed by atoms with van der Waals surface area (Å²) in [4.78, 5) is 13.7. The van der Waals surface area contributed by atoms with E-state index < -0.39 is 17.7 Å². The molecule has 0 spiro atoms. The van der Waals surface area contributed by atoms with Gasteiger partial charge in [0.2, 0.25) is 0 Å². The summed E-state index contributed by atoms with van der Waals surface area (Å²) in [7, 11) is 1.67. The first-order valence-electron chi connectivity index (χ1n) is 8.58. The van der Waals surface area contributed by atoms with Crippen molar-refractivity contribution in [1.29, 1.82) is 0 Å². The largest absolute Gasteiger partial charge is 0.415 e. The molecule has 0 radical (unpaired) electrons. The molecule has 1 aromatic rings. The highest BCUT2D eigenvalue weighted by Gasteiger charge is 2.28. The Morgan fingerprint density at radius 1 is 1.20 bits per heavy atom. The van der Waals surface area contributed by atoms with Gasteiger partial charge in [0.05, 0.1) is 6.10 Å². The van der Waals surface area contributed by atoms with Gasteiger partial charge >= 0.3 is 6.09 Å².